The molecule has 4 aromatic rings. The zero-order valence-electron chi connectivity index (χ0n) is 15.8. The van der Waals surface area contributed by atoms with E-state index in [-0.39, 0.29) is 17.7 Å². The molecule has 7 heteroatoms. The van der Waals surface area contributed by atoms with Crippen LogP contribution in [0, 0.1) is 0 Å². The molecule has 2 aromatic carbocycles. The molecule has 1 atom stereocenters. The Morgan fingerprint density at radius 3 is 2.60 bits per heavy atom. The van der Waals surface area contributed by atoms with Crippen LogP contribution in [-0.4, -0.2) is 31.1 Å². The number of amides is 1. The number of H-pyrrole nitrogens is 1. The van der Waals surface area contributed by atoms with E-state index in [1.807, 2.05) is 47.4 Å². The number of fused-ring (bicyclic) bond motifs is 1. The molecule has 2 aromatic heterocycles. The number of para-hydroxylation sites is 1. The van der Waals surface area contributed by atoms with Crippen LogP contribution in [0.1, 0.15) is 33.2 Å². The topological polar surface area (TPSA) is 82.1 Å². The van der Waals surface area contributed by atoms with Crippen LogP contribution in [0.2, 0.25) is 0 Å². The van der Waals surface area contributed by atoms with E-state index >= 15 is 0 Å². The molecule has 1 aliphatic heterocycles. The molecule has 5 rings (SSSR count). The number of carbonyl (C=O) groups excluding carboxylic acids is 1. The van der Waals surface area contributed by atoms with Gasteiger partial charge in [0.1, 0.15) is 17.1 Å². The van der Waals surface area contributed by atoms with Crippen molar-refractivity contribution in [3.05, 3.63) is 99.9 Å². The molecule has 1 aliphatic rings. The molecule has 0 saturated heterocycles. The first-order valence-electron chi connectivity index (χ1n) is 9.45. The summed E-state index contributed by atoms with van der Waals surface area (Å²) in [6.45, 7) is 0.413. The van der Waals surface area contributed by atoms with Gasteiger partial charge in [0.15, 0.2) is 0 Å². The van der Waals surface area contributed by atoms with Crippen LogP contribution in [-0.2, 0) is 6.54 Å². The third-order valence-electron chi connectivity index (χ3n) is 5.28. The maximum absolute atomic E-state index is 13.3. The van der Waals surface area contributed by atoms with Crippen LogP contribution in [0.25, 0.3) is 11.3 Å². The largest absolute Gasteiger partial charge is 0.507 e. The second kappa shape index (κ2) is 7.42. The summed E-state index contributed by atoms with van der Waals surface area (Å²) in [4.78, 5) is 19.3. The quantitative estimate of drug-likeness (QED) is 0.462. The minimum Gasteiger partial charge on any atom is -0.507 e. The Morgan fingerprint density at radius 1 is 1.07 bits per heavy atom. The predicted molar refractivity (Wildman–Crippen MR) is 116 cm³/mol. The average molecular weight is 461 g/mol. The van der Waals surface area contributed by atoms with Crippen LogP contribution in [0.4, 0.5) is 0 Å². The first-order valence-corrected chi connectivity index (χ1v) is 10.2. The van der Waals surface area contributed by atoms with E-state index in [2.05, 4.69) is 31.1 Å². The van der Waals surface area contributed by atoms with Gasteiger partial charge in [0.2, 0.25) is 0 Å². The van der Waals surface area contributed by atoms with E-state index in [1.54, 1.807) is 30.6 Å². The molecule has 0 unspecified atom stereocenters. The molecule has 0 saturated carbocycles. The van der Waals surface area contributed by atoms with Gasteiger partial charge < -0.3 is 10.0 Å². The Hall–Kier alpha value is -3.45. The summed E-state index contributed by atoms with van der Waals surface area (Å²) < 4.78 is 0.961. The summed E-state index contributed by atoms with van der Waals surface area (Å²) in [5.41, 5.74) is 4.30. The number of carbonyl (C=O) groups is 1. The van der Waals surface area contributed by atoms with Gasteiger partial charge in [-0.2, -0.15) is 5.10 Å². The molecule has 1 amide bonds. The number of halogens is 1. The van der Waals surface area contributed by atoms with Crippen molar-refractivity contribution >= 4 is 21.8 Å². The van der Waals surface area contributed by atoms with Crippen molar-refractivity contribution in [3.63, 3.8) is 0 Å². The Morgan fingerprint density at radius 2 is 1.87 bits per heavy atom. The van der Waals surface area contributed by atoms with Crippen molar-refractivity contribution < 1.29 is 9.90 Å². The highest BCUT2D eigenvalue weighted by molar-refractivity contribution is 9.10. The SMILES string of the molecule is O=C1c2[nH]nc(-c3ccccc3O)c2[C@H](c2ccc(Br)cc2)N1Cc1cccnc1. The van der Waals surface area contributed by atoms with Gasteiger partial charge in [0.25, 0.3) is 5.91 Å². The summed E-state index contributed by atoms with van der Waals surface area (Å²) in [5, 5.41) is 17.7. The minimum atomic E-state index is -0.339. The number of nitrogens with zero attached hydrogens (tertiary/aromatic N) is 3. The molecule has 2 N–H and O–H groups in total. The van der Waals surface area contributed by atoms with E-state index in [4.69, 9.17) is 0 Å². The number of rotatable bonds is 4. The highest BCUT2D eigenvalue weighted by Gasteiger charge is 2.42. The van der Waals surface area contributed by atoms with Gasteiger partial charge in [-0.15, -0.1) is 0 Å². The Balaban J connectivity index is 1.67. The van der Waals surface area contributed by atoms with Gasteiger partial charge in [0, 0.05) is 34.5 Å². The fourth-order valence-electron chi connectivity index (χ4n) is 3.92. The maximum atomic E-state index is 13.3. The van der Waals surface area contributed by atoms with Crippen molar-refractivity contribution in [1.29, 1.82) is 0 Å². The molecular formula is C23H17BrN4O2. The molecule has 148 valence electrons. The zero-order valence-corrected chi connectivity index (χ0v) is 17.4. The Kier molecular flexibility index (Phi) is 4.59. The second-order valence-electron chi connectivity index (χ2n) is 7.13. The highest BCUT2D eigenvalue weighted by atomic mass is 79.9. The normalized spacial score (nSPS) is 15.4. The Labute approximate surface area is 181 Å². The van der Waals surface area contributed by atoms with Gasteiger partial charge >= 0.3 is 0 Å². The van der Waals surface area contributed by atoms with E-state index < -0.39 is 0 Å². The van der Waals surface area contributed by atoms with E-state index in [0.29, 0.717) is 23.5 Å². The molecule has 30 heavy (non-hydrogen) atoms. The summed E-state index contributed by atoms with van der Waals surface area (Å²) in [5.74, 6) is -0.00421. The van der Waals surface area contributed by atoms with Gasteiger partial charge in [0.05, 0.1) is 6.04 Å². The Bertz CT molecular complexity index is 1220. The standard InChI is InChI=1S/C23H17BrN4O2/c24-16-9-7-15(8-10-16)22-19-20(17-5-1-2-6-18(17)29)26-27-21(19)23(30)28(22)13-14-4-3-11-25-12-14/h1-12,22,29H,13H2,(H,26,27)/t22-/m0/s1. The number of hydrogen-bond acceptors (Lipinski definition) is 4. The average Bonchev–Trinajstić information content (AvgIpc) is 3.30. The third kappa shape index (κ3) is 3.07. The number of phenolic OH excluding ortho intramolecular Hbond substituents is 1. The molecule has 3 heterocycles. The molecule has 0 aliphatic carbocycles. The first-order chi connectivity index (χ1) is 14.6. The number of phenols is 1. The van der Waals surface area contributed by atoms with Crippen LogP contribution < -0.4 is 0 Å². The zero-order chi connectivity index (χ0) is 20.7. The van der Waals surface area contributed by atoms with Gasteiger partial charge in [-0.3, -0.25) is 14.9 Å². The highest BCUT2D eigenvalue weighted by Crippen LogP contribution is 2.45. The van der Waals surface area contributed by atoms with E-state index in [9.17, 15) is 9.90 Å². The fourth-order valence-corrected chi connectivity index (χ4v) is 4.18. The number of benzene rings is 2. The molecule has 0 fully saturated rings. The van der Waals surface area contributed by atoms with Gasteiger partial charge in [-0.25, -0.2) is 0 Å². The summed E-state index contributed by atoms with van der Waals surface area (Å²) >= 11 is 3.48. The van der Waals surface area contributed by atoms with Crippen LogP contribution in [0.5, 0.6) is 5.75 Å². The van der Waals surface area contributed by atoms with E-state index in [1.165, 1.54) is 0 Å². The lowest BCUT2D eigenvalue weighted by molar-refractivity contribution is 0.0730. The summed E-state index contributed by atoms with van der Waals surface area (Å²) in [7, 11) is 0. The van der Waals surface area contributed by atoms with Crippen LogP contribution >= 0.6 is 15.9 Å². The van der Waals surface area contributed by atoms with Crippen LogP contribution in [0.15, 0.2) is 77.5 Å². The molecule has 6 nitrogen and oxygen atoms in total. The number of pyridine rings is 1. The lowest BCUT2D eigenvalue weighted by Crippen LogP contribution is -2.29. The number of aromatic amines is 1. The van der Waals surface area contributed by atoms with Crippen molar-refractivity contribution in [2.24, 2.45) is 0 Å². The van der Waals surface area contributed by atoms with Gasteiger partial charge in [-0.1, -0.05) is 46.3 Å². The van der Waals surface area contributed by atoms with Crippen molar-refractivity contribution in [1.82, 2.24) is 20.1 Å². The number of aromatic hydroxyl groups is 1. The summed E-state index contributed by atoms with van der Waals surface area (Å²) in [6, 6.07) is 18.4. The van der Waals surface area contributed by atoms with Crippen molar-refractivity contribution in [2.75, 3.05) is 0 Å². The lowest BCUT2D eigenvalue weighted by atomic mass is 9.95. The minimum absolute atomic E-state index is 0.125. The van der Waals surface area contributed by atoms with Crippen molar-refractivity contribution in [3.8, 4) is 17.0 Å². The van der Waals surface area contributed by atoms with E-state index in [0.717, 1.165) is 21.2 Å². The summed E-state index contributed by atoms with van der Waals surface area (Å²) in [6.07, 6.45) is 3.48. The molecular weight excluding hydrogens is 444 g/mol. The van der Waals surface area contributed by atoms with Crippen LogP contribution in [0.3, 0.4) is 0 Å². The molecule has 0 spiro atoms. The van der Waals surface area contributed by atoms with Crippen molar-refractivity contribution in [2.45, 2.75) is 12.6 Å². The molecule has 0 bridgehead atoms. The monoisotopic (exact) mass is 460 g/mol. The maximum Gasteiger partial charge on any atom is 0.273 e. The number of aromatic nitrogens is 3. The number of hydrogen-bond donors (Lipinski definition) is 2. The second-order valence-corrected chi connectivity index (χ2v) is 8.04. The molecule has 0 radical (unpaired) electrons. The number of nitrogens with one attached hydrogen (secondary N) is 1. The smallest absolute Gasteiger partial charge is 0.273 e. The lowest BCUT2D eigenvalue weighted by Gasteiger charge is -2.26. The first kappa shape index (κ1) is 18.6. The predicted octanol–water partition coefficient (Wildman–Crippen LogP) is 4.69. The van der Waals surface area contributed by atoms with Gasteiger partial charge in [-0.05, 0) is 41.5 Å². The fraction of sp³-hybridized carbons (Fsp3) is 0.0870. The third-order valence-corrected chi connectivity index (χ3v) is 5.81.